The molecule has 6 atom stereocenters. The number of unbranched alkanes of at least 4 members (excludes halogenated alkanes) is 3. The number of nitrogen functional groups attached to an aromatic ring is 1. The van der Waals surface area contributed by atoms with Gasteiger partial charge >= 0.3 is 12.1 Å². The van der Waals surface area contributed by atoms with Crippen LogP contribution in [0.25, 0.3) is 16.7 Å². The number of benzene rings is 3. The van der Waals surface area contributed by atoms with Gasteiger partial charge in [0.2, 0.25) is 5.36 Å². The van der Waals surface area contributed by atoms with Gasteiger partial charge in [0.25, 0.3) is 5.91 Å². The summed E-state index contributed by atoms with van der Waals surface area (Å²) in [5, 5.41) is 34.7. The molecule has 23 heteroatoms. The van der Waals surface area contributed by atoms with E-state index in [-0.39, 0.29) is 37.3 Å². The van der Waals surface area contributed by atoms with E-state index < -0.39 is 48.7 Å². The Kier molecular flexibility index (Phi) is 16.3. The van der Waals surface area contributed by atoms with E-state index in [4.69, 9.17) is 36.1 Å². The number of hydrogen-bond donors (Lipinski definition) is 6. The first kappa shape index (κ1) is 56.6. The number of fused-ring (bicyclic) bond motifs is 5. The van der Waals surface area contributed by atoms with Crippen LogP contribution in [-0.4, -0.2) is 150 Å². The summed E-state index contributed by atoms with van der Waals surface area (Å²) in [6.07, 6.45) is 13.7. The summed E-state index contributed by atoms with van der Waals surface area (Å²) in [7, 11) is 0. The standard InChI is InChI=1S/C62H76N14O9/c63-38(17-18-47(64)61(79)80)31-48-53(77)56(60(84-48)75-35-69-50-57(65)67-34-68-58(50)75)82-33-39-32-70-71-76(39)26-6-2-1-5-21-66-62(81)83-40-19-27-74(28-20-40)59(78)42-14-4-3-13-41(42)49-45-29-36-11-7-22-72-24-9-15-43(51(36)72)54(45)85-55-44-16-10-25-73-23-8-12-37(52(44)73)30-46(49)55/h3-4,13-14,29-30,32,34-35,38,40,47-48,53,56,60,77H,1-2,5-12,15-28,31,33,63-64H2,(H3-,65,66,67,68,79,80,81)/p+1. The van der Waals surface area contributed by atoms with Crippen molar-refractivity contribution in [3.8, 4) is 11.5 Å². The Balaban J connectivity index is 0.598. The summed E-state index contributed by atoms with van der Waals surface area (Å²) >= 11 is 0. The third-order valence-electron chi connectivity index (χ3n) is 18.5. The monoisotopic (exact) mass is 1160 g/mol. The topological polar surface area (TPSA) is 302 Å². The lowest BCUT2D eigenvalue weighted by atomic mass is 9.81. The van der Waals surface area contributed by atoms with E-state index in [1.54, 1.807) is 15.4 Å². The molecule has 7 aliphatic heterocycles. The van der Waals surface area contributed by atoms with Crippen LogP contribution in [0, 0.1) is 0 Å². The van der Waals surface area contributed by atoms with Crippen LogP contribution >= 0.6 is 0 Å². The van der Waals surface area contributed by atoms with Crippen molar-refractivity contribution in [2.75, 3.05) is 56.4 Å². The summed E-state index contributed by atoms with van der Waals surface area (Å²) in [6.45, 7) is 6.38. The minimum absolute atomic E-state index is 0.00753. The number of nitrogens with zero attached hydrogens (tertiary/aromatic N) is 10. The van der Waals surface area contributed by atoms with E-state index in [0.717, 1.165) is 137 Å². The number of carboxylic acids is 1. The van der Waals surface area contributed by atoms with Crippen molar-refractivity contribution in [3.05, 3.63) is 110 Å². The number of alkyl carbamates (subject to hydrolysis) is 1. The van der Waals surface area contributed by atoms with Gasteiger partial charge in [-0.3, -0.25) is 14.2 Å². The van der Waals surface area contributed by atoms with Gasteiger partial charge in [-0.05, 0) is 100.0 Å². The predicted octanol–water partition coefficient (Wildman–Crippen LogP) is 3.78. The van der Waals surface area contributed by atoms with E-state index >= 15 is 0 Å². The molecule has 6 aromatic rings. The number of aliphatic carboxylic acids is 1. The van der Waals surface area contributed by atoms with Crippen molar-refractivity contribution in [2.24, 2.45) is 11.5 Å². The van der Waals surface area contributed by atoms with E-state index in [1.807, 2.05) is 17.0 Å². The third-order valence-corrected chi connectivity index (χ3v) is 18.5. The molecule has 9 N–H and O–H groups in total. The minimum Gasteiger partial charge on any atom is -0.480 e. The van der Waals surface area contributed by atoms with Crippen molar-refractivity contribution < 1.29 is 43.5 Å². The number of anilines is 2. The molecule has 2 saturated heterocycles. The average Bonchev–Trinajstić information content (AvgIpc) is 2.14. The third kappa shape index (κ3) is 11.2. The molecule has 6 unspecified atom stereocenters. The number of aliphatic hydroxyl groups excluding tert-OH is 1. The van der Waals surface area contributed by atoms with Crippen molar-refractivity contribution >= 4 is 46.2 Å². The molecule has 0 spiro atoms. The number of hydrogen-bond acceptors (Lipinski definition) is 17. The molecule has 0 aliphatic carbocycles. The number of carbonyl (C=O) groups is 3. The molecule has 10 heterocycles. The number of nitrogens with two attached hydrogens (primary N) is 3. The number of carbonyl (C=O) groups excluding carboxylic acids is 2. The molecule has 3 aromatic carbocycles. The zero-order chi connectivity index (χ0) is 58.3. The van der Waals surface area contributed by atoms with Gasteiger partial charge in [0.1, 0.15) is 60.8 Å². The fourth-order valence-corrected chi connectivity index (χ4v) is 14.2. The molecule has 23 nitrogen and oxygen atoms in total. The second kappa shape index (κ2) is 24.4. The number of ether oxygens (including phenoxy) is 4. The molecule has 85 heavy (non-hydrogen) atoms. The minimum atomic E-state index is -1.12. The number of nitrogens with one attached hydrogen (secondary N) is 1. The summed E-state index contributed by atoms with van der Waals surface area (Å²) in [5.41, 5.74) is 30.3. The number of rotatable bonds is 20. The van der Waals surface area contributed by atoms with Gasteiger partial charge in [0.05, 0.1) is 36.5 Å². The highest BCUT2D eigenvalue weighted by atomic mass is 16.6. The van der Waals surface area contributed by atoms with E-state index in [9.17, 15) is 24.6 Å². The molecule has 7 aliphatic rings. The molecule has 0 radical (unpaired) electrons. The lowest BCUT2D eigenvalue weighted by Crippen LogP contribution is -2.45. The molecule has 2 fully saturated rings. The van der Waals surface area contributed by atoms with Crippen LogP contribution in [0.5, 0.6) is 11.5 Å². The number of aryl methyl sites for hydroxylation is 3. The normalized spacial score (nSPS) is 21.4. The number of carboxylic acid groups (broad SMARTS) is 1. The van der Waals surface area contributed by atoms with Crippen LogP contribution in [0.2, 0.25) is 0 Å². The highest BCUT2D eigenvalue weighted by Gasteiger charge is 2.47. The summed E-state index contributed by atoms with van der Waals surface area (Å²) < 4.78 is 32.0. The smallest absolute Gasteiger partial charge is 0.407 e. The molecule has 448 valence electrons. The SMILES string of the molecule is Nc1ncnc2c1ncn2C1OC(CC(N)CCC(N)C(=O)O)C(O)C1OCc1cnnn1CCCCCCNC(=O)OC1CCN(C(=O)c2ccccc2C2=c3cc4c5c(c3Oc3c2cc2c6c3CCCN6CCC2)CCC[N+]=5CCC4)CC1. The molecular formula is C62H77N14O9+. The van der Waals surface area contributed by atoms with Crippen LogP contribution < -0.4 is 47.3 Å². The Labute approximate surface area is 492 Å². The maximum Gasteiger partial charge on any atom is 0.407 e. The lowest BCUT2D eigenvalue weighted by Gasteiger charge is -2.39. The quantitative estimate of drug-likeness (QED) is 0.0467. The second-order valence-electron chi connectivity index (χ2n) is 24.0. The molecular weight excluding hydrogens is 1080 g/mol. The highest BCUT2D eigenvalue weighted by molar-refractivity contribution is 6.02. The highest BCUT2D eigenvalue weighted by Crippen LogP contribution is 2.49. The number of imidazole rings is 1. The average molecular weight is 1160 g/mol. The van der Waals surface area contributed by atoms with Crippen molar-refractivity contribution in [2.45, 2.75) is 165 Å². The Morgan fingerprint density at radius 2 is 1.66 bits per heavy atom. The van der Waals surface area contributed by atoms with Gasteiger partial charge in [-0.1, -0.05) is 36.3 Å². The predicted molar refractivity (Wildman–Crippen MR) is 314 cm³/mol. The number of aliphatic hydroxyl groups is 1. The van der Waals surface area contributed by atoms with Gasteiger partial charge in [-0.2, -0.15) is 0 Å². The second-order valence-corrected chi connectivity index (χ2v) is 24.0. The van der Waals surface area contributed by atoms with Crippen molar-refractivity contribution in [1.29, 1.82) is 0 Å². The number of piperidine rings is 1. The van der Waals surface area contributed by atoms with Gasteiger partial charge < -0.3 is 61.5 Å². The Hall–Kier alpha value is -7.57. The first-order valence-electron chi connectivity index (χ1n) is 30.7. The fraction of sp³-hybridized carbons (Fsp3) is 0.532. The van der Waals surface area contributed by atoms with Crippen LogP contribution in [0.3, 0.4) is 0 Å². The molecule has 2 amide bonds. The first-order valence-corrected chi connectivity index (χ1v) is 30.7. The molecule has 13 rings (SSSR count). The van der Waals surface area contributed by atoms with E-state index in [2.05, 4.69) is 64.3 Å². The van der Waals surface area contributed by atoms with Gasteiger partial charge in [0.15, 0.2) is 17.7 Å². The van der Waals surface area contributed by atoms with Crippen molar-refractivity contribution in [1.82, 2.24) is 49.3 Å². The van der Waals surface area contributed by atoms with E-state index in [0.29, 0.717) is 67.9 Å². The summed E-state index contributed by atoms with van der Waals surface area (Å²) in [4.78, 5) is 56.6. The maximum atomic E-state index is 14.9. The fourth-order valence-electron chi connectivity index (χ4n) is 14.2. The lowest BCUT2D eigenvalue weighted by molar-refractivity contribution is -0.138. The number of likely N-dealkylation sites (tertiary alicyclic amines) is 1. The molecule has 0 saturated carbocycles. The van der Waals surface area contributed by atoms with Gasteiger partial charge in [-0.15, -0.1) is 5.10 Å². The Bertz CT molecular complexity index is 3650. The maximum absolute atomic E-state index is 14.9. The Morgan fingerprint density at radius 1 is 0.871 bits per heavy atom. The first-order chi connectivity index (χ1) is 41.5. The van der Waals surface area contributed by atoms with Crippen LogP contribution in [0.1, 0.15) is 139 Å². The van der Waals surface area contributed by atoms with E-state index in [1.165, 1.54) is 46.0 Å². The molecule has 0 bridgehead atoms. The van der Waals surface area contributed by atoms with Crippen LogP contribution in [0.15, 0.2) is 55.2 Å². The van der Waals surface area contributed by atoms with Crippen LogP contribution in [0.4, 0.5) is 16.3 Å². The Morgan fingerprint density at radius 3 is 2.51 bits per heavy atom. The summed E-state index contributed by atoms with van der Waals surface area (Å²) in [6, 6.07) is 11.4. The van der Waals surface area contributed by atoms with Crippen molar-refractivity contribution in [3.63, 3.8) is 0 Å². The number of amides is 2. The zero-order valence-electron chi connectivity index (χ0n) is 48.1. The summed E-state index contributed by atoms with van der Waals surface area (Å²) in [5.74, 6) is 1.03. The largest absolute Gasteiger partial charge is 0.480 e. The zero-order valence-corrected chi connectivity index (χ0v) is 48.1. The van der Waals surface area contributed by atoms with Gasteiger partial charge in [0, 0.05) is 110 Å². The molecule has 3 aromatic heterocycles. The van der Waals surface area contributed by atoms with Gasteiger partial charge in [-0.25, -0.2) is 29.0 Å². The number of aromatic nitrogens is 7. The van der Waals surface area contributed by atoms with Crippen LogP contribution in [-0.2, 0) is 57.8 Å².